The molecule has 1 heterocycles. The van der Waals surface area contributed by atoms with E-state index in [0.717, 1.165) is 25.0 Å². The molecule has 1 aromatic carbocycles. The summed E-state index contributed by atoms with van der Waals surface area (Å²) in [4.78, 5) is 4.34. The number of aryl methyl sites for hydroxylation is 1. The average Bonchev–Trinajstić information content (AvgIpc) is 2.65. The Balaban J connectivity index is 0.00000392. The number of nitriles is 1. The number of aliphatic hydroxyl groups excluding tert-OH is 1. The van der Waals surface area contributed by atoms with E-state index in [-0.39, 0.29) is 30.1 Å². The number of ether oxygens (including phenoxy) is 1. The summed E-state index contributed by atoms with van der Waals surface area (Å²) in [6.45, 7) is 4.72. The molecule has 0 amide bonds. The molecule has 0 aliphatic rings. The van der Waals surface area contributed by atoms with E-state index < -0.39 is 6.10 Å². The zero-order valence-corrected chi connectivity index (χ0v) is 17.8. The zero-order valence-electron chi connectivity index (χ0n) is 16.2. The largest absolute Gasteiger partial charge is 0.489 e. The highest BCUT2D eigenvalue weighted by molar-refractivity contribution is 6.31. The second-order valence-corrected chi connectivity index (χ2v) is 7.54. The molecule has 0 aliphatic carbocycles. The topological polar surface area (TPSA) is 78.2 Å². The van der Waals surface area contributed by atoms with Crippen molar-refractivity contribution in [2.24, 2.45) is 0 Å². The number of nitrogens with one attached hydrogen (secondary N) is 1. The van der Waals surface area contributed by atoms with Gasteiger partial charge in [-0.1, -0.05) is 23.7 Å². The summed E-state index contributed by atoms with van der Waals surface area (Å²) in [5, 5.41) is 23.1. The van der Waals surface area contributed by atoms with E-state index in [2.05, 4.69) is 24.1 Å². The lowest BCUT2D eigenvalue weighted by atomic mass is 9.96. The quantitative estimate of drug-likeness (QED) is 0.599. The minimum absolute atomic E-state index is 0. The number of aromatic nitrogens is 1. The number of aliphatic hydroxyl groups is 1. The van der Waals surface area contributed by atoms with Crippen LogP contribution >= 0.6 is 24.0 Å². The predicted molar refractivity (Wildman–Crippen MR) is 114 cm³/mol. The summed E-state index contributed by atoms with van der Waals surface area (Å²) in [6, 6.07) is 13.0. The first-order valence-corrected chi connectivity index (χ1v) is 9.43. The van der Waals surface area contributed by atoms with Crippen molar-refractivity contribution in [3.63, 3.8) is 0 Å². The van der Waals surface area contributed by atoms with E-state index >= 15 is 0 Å². The molecule has 1 unspecified atom stereocenters. The molecular weight excluding hydrogens is 397 g/mol. The Bertz CT molecular complexity index is 764. The van der Waals surface area contributed by atoms with E-state index in [4.69, 9.17) is 21.6 Å². The highest BCUT2D eigenvalue weighted by Gasteiger charge is 2.19. The van der Waals surface area contributed by atoms with Crippen LogP contribution in [0.3, 0.4) is 0 Å². The van der Waals surface area contributed by atoms with Crippen LogP contribution in [0.4, 0.5) is 0 Å². The third-order valence-corrected chi connectivity index (χ3v) is 4.61. The molecule has 2 aromatic rings. The highest BCUT2D eigenvalue weighted by atomic mass is 35.5. The molecule has 2 N–H and O–H groups in total. The van der Waals surface area contributed by atoms with Gasteiger partial charge >= 0.3 is 0 Å². The Morgan fingerprint density at radius 3 is 2.75 bits per heavy atom. The van der Waals surface area contributed by atoms with Crippen LogP contribution in [0.2, 0.25) is 5.02 Å². The van der Waals surface area contributed by atoms with Crippen LogP contribution in [0.15, 0.2) is 42.6 Å². The third kappa shape index (κ3) is 8.04. The van der Waals surface area contributed by atoms with E-state index in [1.54, 1.807) is 18.2 Å². The normalized spacial score (nSPS) is 12.0. The number of pyridine rings is 1. The summed E-state index contributed by atoms with van der Waals surface area (Å²) >= 11 is 5.98. The van der Waals surface area contributed by atoms with Gasteiger partial charge in [-0.05, 0) is 57.4 Å². The number of benzene rings is 1. The van der Waals surface area contributed by atoms with Gasteiger partial charge < -0.3 is 15.2 Å². The Hall–Kier alpha value is -1.84. The average molecular weight is 424 g/mol. The molecule has 0 bridgehead atoms. The predicted octanol–water partition coefficient (Wildman–Crippen LogP) is 4.16. The van der Waals surface area contributed by atoms with Gasteiger partial charge in [0.2, 0.25) is 0 Å². The monoisotopic (exact) mass is 423 g/mol. The first-order chi connectivity index (χ1) is 12.9. The highest BCUT2D eigenvalue weighted by Crippen LogP contribution is 2.25. The van der Waals surface area contributed by atoms with Gasteiger partial charge in [0.25, 0.3) is 0 Å². The fourth-order valence-corrected chi connectivity index (χ4v) is 2.93. The second-order valence-electron chi connectivity index (χ2n) is 7.13. The lowest BCUT2D eigenvalue weighted by molar-refractivity contribution is 0.0978. The molecule has 5 nitrogen and oxygen atoms in total. The van der Waals surface area contributed by atoms with Crippen LogP contribution in [-0.4, -0.2) is 34.9 Å². The van der Waals surface area contributed by atoms with E-state index in [1.165, 1.54) is 0 Å². The van der Waals surface area contributed by atoms with Crippen molar-refractivity contribution in [2.45, 2.75) is 44.8 Å². The van der Waals surface area contributed by atoms with Gasteiger partial charge in [-0.3, -0.25) is 4.98 Å². The molecule has 1 aromatic heterocycles. The van der Waals surface area contributed by atoms with Crippen molar-refractivity contribution < 1.29 is 9.84 Å². The summed E-state index contributed by atoms with van der Waals surface area (Å²) in [7, 11) is 0. The summed E-state index contributed by atoms with van der Waals surface area (Å²) in [6.07, 6.45) is 4.03. The van der Waals surface area contributed by atoms with E-state index in [9.17, 15) is 5.11 Å². The van der Waals surface area contributed by atoms with Crippen molar-refractivity contribution in [2.75, 3.05) is 13.2 Å². The van der Waals surface area contributed by atoms with Crippen molar-refractivity contribution >= 4 is 24.0 Å². The van der Waals surface area contributed by atoms with E-state index in [0.29, 0.717) is 17.3 Å². The summed E-state index contributed by atoms with van der Waals surface area (Å²) in [5.41, 5.74) is 1.27. The van der Waals surface area contributed by atoms with Crippen molar-refractivity contribution in [1.29, 1.82) is 5.26 Å². The maximum atomic E-state index is 10.2. The molecule has 152 valence electrons. The fourth-order valence-electron chi connectivity index (χ4n) is 2.72. The third-order valence-electron chi connectivity index (χ3n) is 4.30. The van der Waals surface area contributed by atoms with Gasteiger partial charge in [-0.2, -0.15) is 5.26 Å². The maximum Gasteiger partial charge on any atom is 0.138 e. The minimum atomic E-state index is -0.689. The molecule has 0 radical (unpaired) electrons. The van der Waals surface area contributed by atoms with Crippen molar-refractivity contribution in [3.8, 4) is 11.8 Å². The molecule has 28 heavy (non-hydrogen) atoms. The number of hydrogen-bond acceptors (Lipinski definition) is 5. The number of β-amino-alcohol motifs (C(OH)–C–C–N with tert-alkyl or cyclic N) is 1. The van der Waals surface area contributed by atoms with Crippen LogP contribution in [-0.2, 0) is 6.42 Å². The van der Waals surface area contributed by atoms with Crippen LogP contribution in [0.5, 0.6) is 5.75 Å². The Kier molecular flexibility index (Phi) is 10.3. The lowest BCUT2D eigenvalue weighted by Crippen LogP contribution is -2.44. The molecule has 0 spiro atoms. The van der Waals surface area contributed by atoms with Crippen molar-refractivity contribution in [3.05, 3.63) is 58.9 Å². The summed E-state index contributed by atoms with van der Waals surface area (Å²) < 4.78 is 5.57. The Labute approximate surface area is 178 Å². The second kappa shape index (κ2) is 11.9. The Morgan fingerprint density at radius 1 is 1.29 bits per heavy atom. The molecule has 0 aliphatic heterocycles. The Morgan fingerprint density at radius 2 is 2.07 bits per heavy atom. The molecule has 0 fully saturated rings. The van der Waals surface area contributed by atoms with Gasteiger partial charge in [-0.25, -0.2) is 0 Å². The minimum Gasteiger partial charge on any atom is -0.489 e. The number of nitrogens with zero attached hydrogens (tertiary/aromatic N) is 2. The first kappa shape index (κ1) is 24.2. The summed E-state index contributed by atoms with van der Waals surface area (Å²) in [5.74, 6) is 0.388. The SMILES string of the molecule is CC(C)(CCCc1ccccn1)NCC(O)COc1cccc(Cl)c1C#N.Cl. The van der Waals surface area contributed by atoms with Crippen molar-refractivity contribution in [1.82, 2.24) is 10.3 Å². The standard InChI is InChI=1S/C21H26ClN3O2.ClH/c1-21(2,11-6-8-16-7-3-4-12-24-16)25-14-17(26)15-27-20-10-5-9-19(22)18(20)13-23;/h3-5,7,9-10,12,17,25-26H,6,8,11,14-15H2,1-2H3;1H. The molecular formula is C21H27Cl2N3O2. The zero-order chi connectivity index (χ0) is 19.7. The van der Waals surface area contributed by atoms with Crippen LogP contribution < -0.4 is 10.1 Å². The maximum absolute atomic E-state index is 10.2. The van der Waals surface area contributed by atoms with Gasteiger partial charge in [0, 0.05) is 24.0 Å². The van der Waals surface area contributed by atoms with Crippen LogP contribution in [0, 0.1) is 11.3 Å². The number of halogens is 2. The molecule has 0 saturated carbocycles. The molecule has 0 saturated heterocycles. The smallest absolute Gasteiger partial charge is 0.138 e. The van der Waals surface area contributed by atoms with Gasteiger partial charge in [0.05, 0.1) is 5.02 Å². The van der Waals surface area contributed by atoms with Gasteiger partial charge in [-0.15, -0.1) is 12.4 Å². The van der Waals surface area contributed by atoms with E-state index in [1.807, 2.05) is 30.5 Å². The fraction of sp³-hybridized carbons (Fsp3) is 0.429. The molecule has 2 rings (SSSR count). The molecule has 1 atom stereocenters. The molecule has 7 heteroatoms. The van der Waals surface area contributed by atoms with Crippen LogP contribution in [0.1, 0.15) is 37.9 Å². The first-order valence-electron chi connectivity index (χ1n) is 9.06. The van der Waals surface area contributed by atoms with Gasteiger partial charge in [0.1, 0.15) is 30.1 Å². The van der Waals surface area contributed by atoms with Gasteiger partial charge in [0.15, 0.2) is 0 Å². The number of hydrogen-bond donors (Lipinski definition) is 2. The number of rotatable bonds is 10. The van der Waals surface area contributed by atoms with Crippen LogP contribution in [0.25, 0.3) is 0 Å². The lowest BCUT2D eigenvalue weighted by Gasteiger charge is -2.28.